The Hall–Kier alpha value is -2.45. The Balaban J connectivity index is 1.62. The molecule has 0 bridgehead atoms. The topological polar surface area (TPSA) is 98.3 Å². The minimum absolute atomic E-state index is 0.205. The number of nitrogens with zero attached hydrogens (tertiary/aromatic N) is 4. The van der Waals surface area contributed by atoms with Crippen molar-refractivity contribution in [1.29, 1.82) is 0 Å². The lowest BCUT2D eigenvalue weighted by atomic mass is 9.84. The van der Waals surface area contributed by atoms with Crippen LogP contribution in [0.1, 0.15) is 65.7 Å². The highest BCUT2D eigenvalue weighted by atomic mass is 16.2. The van der Waals surface area contributed by atoms with Gasteiger partial charge >= 0.3 is 12.1 Å². The fourth-order valence-corrected chi connectivity index (χ4v) is 4.73. The van der Waals surface area contributed by atoms with Gasteiger partial charge in [-0.2, -0.15) is 0 Å². The summed E-state index contributed by atoms with van der Waals surface area (Å²) in [6.07, 6.45) is 4.12. The van der Waals surface area contributed by atoms with Gasteiger partial charge in [0.1, 0.15) is 12.0 Å². The van der Waals surface area contributed by atoms with Crippen molar-refractivity contribution < 1.29 is 24.0 Å². The predicted molar refractivity (Wildman–Crippen MR) is 108 cm³/mol. The Labute approximate surface area is 177 Å². The highest BCUT2D eigenvalue weighted by molar-refractivity contribution is 6.14. The molecule has 0 aromatic carbocycles. The molecule has 30 heavy (non-hydrogen) atoms. The molecule has 166 valence electrons. The third-order valence-electron chi connectivity index (χ3n) is 6.69. The van der Waals surface area contributed by atoms with Crippen LogP contribution in [0.3, 0.4) is 0 Å². The Bertz CT molecular complexity index is 756. The third-order valence-corrected chi connectivity index (χ3v) is 6.69. The average molecular weight is 421 g/mol. The molecule has 2 aliphatic heterocycles. The number of hydrogen-bond acceptors (Lipinski definition) is 5. The molecule has 0 unspecified atom stereocenters. The molecular weight excluding hydrogens is 388 g/mol. The lowest BCUT2D eigenvalue weighted by Crippen LogP contribution is -2.59. The molecule has 2 saturated heterocycles. The Kier molecular flexibility index (Phi) is 6.19. The van der Waals surface area contributed by atoms with E-state index >= 15 is 0 Å². The van der Waals surface area contributed by atoms with Gasteiger partial charge in [0.25, 0.3) is 5.91 Å². The van der Waals surface area contributed by atoms with Crippen LogP contribution in [-0.2, 0) is 14.4 Å². The Morgan fingerprint density at radius 2 is 1.57 bits per heavy atom. The zero-order valence-electron chi connectivity index (χ0n) is 18.3. The zero-order chi connectivity index (χ0) is 22.2. The number of hydrogen-bond donors (Lipinski definition) is 0. The van der Waals surface area contributed by atoms with Crippen LogP contribution >= 0.6 is 0 Å². The van der Waals surface area contributed by atoms with E-state index in [0.717, 1.165) is 25.7 Å². The van der Waals surface area contributed by atoms with Crippen molar-refractivity contribution in [1.82, 2.24) is 19.6 Å². The first kappa shape index (κ1) is 22.2. The second-order valence-corrected chi connectivity index (χ2v) is 9.11. The summed E-state index contributed by atoms with van der Waals surface area (Å²) in [7, 11) is 1.50. The van der Waals surface area contributed by atoms with Crippen molar-refractivity contribution in [3.63, 3.8) is 0 Å². The molecule has 0 N–H and O–H groups in total. The fourth-order valence-electron chi connectivity index (χ4n) is 4.73. The Morgan fingerprint density at radius 1 is 0.933 bits per heavy atom. The van der Waals surface area contributed by atoms with Crippen LogP contribution in [0.5, 0.6) is 0 Å². The van der Waals surface area contributed by atoms with Crippen LogP contribution in [0.4, 0.5) is 9.59 Å². The molecule has 9 nitrogen and oxygen atoms in total. The largest absolute Gasteiger partial charge is 0.333 e. The number of rotatable bonds is 6. The average Bonchev–Trinajstić information content (AvgIpc) is 2.83. The van der Waals surface area contributed by atoms with Gasteiger partial charge in [-0.05, 0) is 51.9 Å². The zero-order valence-corrected chi connectivity index (χ0v) is 18.3. The van der Waals surface area contributed by atoms with E-state index in [1.807, 2.05) is 6.92 Å². The van der Waals surface area contributed by atoms with Gasteiger partial charge in [0.15, 0.2) is 0 Å². The molecule has 1 aliphatic carbocycles. The third kappa shape index (κ3) is 3.81. The molecule has 7 amide bonds. The van der Waals surface area contributed by atoms with E-state index in [-0.39, 0.29) is 30.3 Å². The van der Waals surface area contributed by atoms with E-state index in [1.54, 1.807) is 18.7 Å². The number of amides is 7. The predicted octanol–water partition coefficient (Wildman–Crippen LogP) is 2.20. The normalized spacial score (nSPS) is 27.5. The molecular formula is C21H32N4O5. The minimum atomic E-state index is -0.859. The monoisotopic (exact) mass is 420 g/mol. The molecule has 3 fully saturated rings. The van der Waals surface area contributed by atoms with Crippen LogP contribution in [0, 0.1) is 5.92 Å². The summed E-state index contributed by atoms with van der Waals surface area (Å²) in [6, 6.07) is -0.986. The fraction of sp³-hybridized carbons (Fsp3) is 0.762. The first-order valence-electron chi connectivity index (χ1n) is 10.9. The molecule has 0 atom stereocenters. The van der Waals surface area contributed by atoms with Crippen LogP contribution in [0.2, 0.25) is 0 Å². The molecule has 0 aromatic rings. The van der Waals surface area contributed by atoms with Gasteiger partial charge in [-0.1, -0.05) is 13.3 Å². The molecule has 9 heteroatoms. The minimum Gasteiger partial charge on any atom is -0.310 e. The van der Waals surface area contributed by atoms with Crippen molar-refractivity contribution in [2.24, 2.45) is 5.92 Å². The summed E-state index contributed by atoms with van der Waals surface area (Å²) in [5, 5.41) is 0. The first-order chi connectivity index (χ1) is 14.1. The second kappa shape index (κ2) is 8.35. The maximum absolute atomic E-state index is 12.8. The van der Waals surface area contributed by atoms with E-state index in [9.17, 15) is 24.0 Å². The number of urea groups is 2. The summed E-state index contributed by atoms with van der Waals surface area (Å²) in [5.41, 5.74) is -0.859. The van der Waals surface area contributed by atoms with Gasteiger partial charge in [-0.15, -0.1) is 0 Å². The van der Waals surface area contributed by atoms with Crippen molar-refractivity contribution >= 4 is 29.8 Å². The standard InChI is InChI=1S/C21H32N4O5/c1-5-6-11-23-16(26)12-17(27)25(20(23)30)15-9-7-14(8-10-15)13-24-19(29)22(4)18(28)21(24,2)3/h14-15H,5-13H2,1-4H3. The molecule has 1 saturated carbocycles. The highest BCUT2D eigenvalue weighted by Gasteiger charge is 2.50. The Morgan fingerprint density at radius 3 is 2.10 bits per heavy atom. The van der Waals surface area contributed by atoms with E-state index in [4.69, 9.17) is 0 Å². The maximum Gasteiger partial charge on any atom is 0.333 e. The van der Waals surface area contributed by atoms with Crippen molar-refractivity contribution in [3.8, 4) is 0 Å². The quantitative estimate of drug-likeness (QED) is 0.485. The smallest absolute Gasteiger partial charge is 0.310 e. The van der Waals surface area contributed by atoms with Gasteiger partial charge in [0.05, 0.1) is 0 Å². The van der Waals surface area contributed by atoms with Gasteiger partial charge in [0.2, 0.25) is 11.8 Å². The van der Waals surface area contributed by atoms with Crippen LogP contribution in [0.25, 0.3) is 0 Å². The number of likely N-dealkylation sites (N-methyl/N-ethyl adjacent to an activating group) is 1. The molecule has 3 rings (SSSR count). The maximum atomic E-state index is 12.8. The van der Waals surface area contributed by atoms with E-state index < -0.39 is 23.4 Å². The van der Waals surface area contributed by atoms with Gasteiger partial charge in [-0.3, -0.25) is 29.1 Å². The van der Waals surface area contributed by atoms with Crippen LogP contribution in [0.15, 0.2) is 0 Å². The summed E-state index contributed by atoms with van der Waals surface area (Å²) < 4.78 is 0. The summed E-state index contributed by atoms with van der Waals surface area (Å²) in [6.45, 7) is 6.34. The molecule has 0 aromatic heterocycles. The van der Waals surface area contributed by atoms with E-state index in [1.165, 1.54) is 21.7 Å². The van der Waals surface area contributed by atoms with Crippen LogP contribution in [-0.4, -0.2) is 81.1 Å². The molecule has 3 aliphatic rings. The van der Waals surface area contributed by atoms with Gasteiger partial charge in [0, 0.05) is 26.2 Å². The number of barbiturate groups is 1. The van der Waals surface area contributed by atoms with E-state index in [2.05, 4.69) is 0 Å². The summed E-state index contributed by atoms with van der Waals surface area (Å²) in [4.78, 5) is 67.5. The lowest BCUT2D eigenvalue weighted by molar-refractivity contribution is -0.144. The van der Waals surface area contributed by atoms with Gasteiger partial charge in [-0.25, -0.2) is 9.59 Å². The SMILES string of the molecule is CCCCN1C(=O)CC(=O)N(C2CCC(CN3C(=O)N(C)C(=O)C3(C)C)CC2)C1=O. The van der Waals surface area contributed by atoms with Crippen LogP contribution < -0.4 is 0 Å². The summed E-state index contributed by atoms with van der Waals surface area (Å²) >= 11 is 0. The molecule has 0 radical (unpaired) electrons. The lowest BCUT2D eigenvalue weighted by Gasteiger charge is -2.41. The first-order valence-corrected chi connectivity index (χ1v) is 10.9. The number of carbonyl (C=O) groups excluding carboxylic acids is 5. The number of imide groups is 3. The van der Waals surface area contributed by atoms with Crippen molar-refractivity contribution in [3.05, 3.63) is 0 Å². The van der Waals surface area contributed by atoms with E-state index in [0.29, 0.717) is 25.9 Å². The summed E-state index contributed by atoms with van der Waals surface area (Å²) in [5.74, 6) is -0.824. The number of carbonyl (C=O) groups is 5. The molecule has 2 heterocycles. The van der Waals surface area contributed by atoms with Crippen molar-refractivity contribution in [2.75, 3.05) is 20.1 Å². The molecule has 0 spiro atoms. The highest BCUT2D eigenvalue weighted by Crippen LogP contribution is 2.34. The van der Waals surface area contributed by atoms with Gasteiger partial charge < -0.3 is 4.90 Å². The second-order valence-electron chi connectivity index (χ2n) is 9.11. The number of unbranched alkanes of at least 4 members (excludes halogenated alkanes) is 1. The van der Waals surface area contributed by atoms with Crippen molar-refractivity contribution in [2.45, 2.75) is 77.3 Å².